The summed E-state index contributed by atoms with van der Waals surface area (Å²) in [6, 6.07) is 1.85. The number of amides is 1. The number of rotatable bonds is 6. The van der Waals surface area contributed by atoms with Crippen LogP contribution in [0.1, 0.15) is 36.2 Å². The molecule has 2 aromatic heterocycles. The first kappa shape index (κ1) is 13.3. The third-order valence-corrected chi connectivity index (χ3v) is 2.65. The molecule has 7 nitrogen and oxygen atoms in total. The number of hydrogen-bond acceptors (Lipinski definition) is 6. The van der Waals surface area contributed by atoms with Crippen LogP contribution in [0.2, 0.25) is 0 Å². The Hall–Kier alpha value is -2.18. The molecule has 2 aromatic rings. The lowest BCUT2D eigenvalue weighted by Gasteiger charge is -2.00. The molecule has 0 aromatic carbocycles. The van der Waals surface area contributed by atoms with Gasteiger partial charge in [-0.05, 0) is 13.3 Å². The van der Waals surface area contributed by atoms with E-state index in [0.717, 1.165) is 18.5 Å². The van der Waals surface area contributed by atoms with E-state index in [1.54, 1.807) is 6.92 Å². The summed E-state index contributed by atoms with van der Waals surface area (Å²) in [5.41, 5.74) is 2.07. The first-order chi connectivity index (χ1) is 9.19. The number of carbonyl (C=O) groups excluding carboxylic acids is 1. The Kier molecular flexibility index (Phi) is 4.27. The van der Waals surface area contributed by atoms with E-state index >= 15 is 0 Å². The van der Waals surface area contributed by atoms with E-state index < -0.39 is 0 Å². The molecule has 0 radical (unpaired) electrons. The van der Waals surface area contributed by atoms with Gasteiger partial charge < -0.3 is 9.84 Å². The van der Waals surface area contributed by atoms with E-state index in [2.05, 4.69) is 32.3 Å². The molecule has 0 fully saturated rings. The quantitative estimate of drug-likeness (QED) is 0.841. The minimum absolute atomic E-state index is 0.144. The second-order valence-corrected chi connectivity index (χ2v) is 4.28. The van der Waals surface area contributed by atoms with Crippen LogP contribution in [-0.2, 0) is 24.2 Å². The minimum Gasteiger partial charge on any atom is -0.359 e. The lowest BCUT2D eigenvalue weighted by Crippen LogP contribution is -2.24. The van der Waals surface area contributed by atoms with Gasteiger partial charge in [0.1, 0.15) is 11.4 Å². The predicted molar refractivity (Wildman–Crippen MR) is 65.1 cm³/mol. The highest BCUT2D eigenvalue weighted by atomic mass is 16.6. The summed E-state index contributed by atoms with van der Waals surface area (Å²) in [6.07, 6.45) is 2.03. The van der Waals surface area contributed by atoms with Crippen LogP contribution in [0.4, 0.5) is 0 Å². The van der Waals surface area contributed by atoms with Crippen molar-refractivity contribution in [1.29, 1.82) is 0 Å². The Morgan fingerprint density at radius 2 is 2.21 bits per heavy atom. The van der Waals surface area contributed by atoms with Gasteiger partial charge in [0.15, 0.2) is 5.76 Å². The van der Waals surface area contributed by atoms with Gasteiger partial charge in [-0.2, -0.15) is 0 Å². The van der Waals surface area contributed by atoms with Gasteiger partial charge in [0.25, 0.3) is 0 Å². The Balaban J connectivity index is 1.81. The number of nitrogens with zero attached hydrogens (tertiary/aromatic N) is 3. The first-order valence-electron chi connectivity index (χ1n) is 6.18. The van der Waals surface area contributed by atoms with Crippen molar-refractivity contribution in [2.75, 3.05) is 0 Å². The van der Waals surface area contributed by atoms with Gasteiger partial charge in [0, 0.05) is 6.07 Å². The molecule has 0 atom stereocenters. The highest BCUT2D eigenvalue weighted by molar-refractivity contribution is 5.78. The van der Waals surface area contributed by atoms with Crippen LogP contribution in [0.15, 0.2) is 15.2 Å². The summed E-state index contributed by atoms with van der Waals surface area (Å²) in [6.45, 7) is 4.14. The number of hydrogen-bond donors (Lipinski definition) is 1. The average Bonchev–Trinajstić information content (AvgIpc) is 2.98. The van der Waals surface area contributed by atoms with Crippen LogP contribution in [0, 0.1) is 6.92 Å². The van der Waals surface area contributed by atoms with Gasteiger partial charge in [-0.3, -0.25) is 4.79 Å². The smallest absolute Gasteiger partial charge is 0.226 e. The summed E-state index contributed by atoms with van der Waals surface area (Å²) in [5, 5.41) is 13.9. The predicted octanol–water partition coefficient (Wildman–Crippen LogP) is 1.18. The molecule has 102 valence electrons. The third-order valence-electron chi connectivity index (χ3n) is 2.65. The summed E-state index contributed by atoms with van der Waals surface area (Å²) in [4.78, 5) is 11.7. The molecule has 0 unspecified atom stereocenters. The summed E-state index contributed by atoms with van der Waals surface area (Å²) < 4.78 is 9.65. The third kappa shape index (κ3) is 3.64. The maximum atomic E-state index is 11.7. The molecule has 0 saturated carbocycles. The fourth-order valence-corrected chi connectivity index (χ4v) is 1.62. The lowest BCUT2D eigenvalue weighted by atomic mass is 10.2. The zero-order chi connectivity index (χ0) is 13.7. The Morgan fingerprint density at radius 1 is 1.37 bits per heavy atom. The number of aryl methyl sites for hydroxylation is 2. The maximum Gasteiger partial charge on any atom is 0.226 e. The van der Waals surface area contributed by atoms with Crippen molar-refractivity contribution in [1.82, 2.24) is 20.8 Å². The monoisotopic (exact) mass is 264 g/mol. The molecule has 0 aliphatic rings. The molecule has 1 amide bonds. The number of aromatic nitrogens is 3. The van der Waals surface area contributed by atoms with E-state index in [-0.39, 0.29) is 12.3 Å². The van der Waals surface area contributed by atoms with Crippen molar-refractivity contribution in [3.63, 3.8) is 0 Å². The maximum absolute atomic E-state index is 11.7. The molecular formula is C12H16N4O3. The van der Waals surface area contributed by atoms with E-state index in [4.69, 9.17) is 4.52 Å². The van der Waals surface area contributed by atoms with Gasteiger partial charge in [-0.15, -0.1) is 0 Å². The van der Waals surface area contributed by atoms with Gasteiger partial charge >= 0.3 is 0 Å². The van der Waals surface area contributed by atoms with Crippen LogP contribution in [0.5, 0.6) is 0 Å². The minimum atomic E-state index is -0.160. The summed E-state index contributed by atoms with van der Waals surface area (Å²) >= 11 is 0. The molecular weight excluding hydrogens is 248 g/mol. The molecule has 0 spiro atoms. The topological polar surface area (TPSA) is 94.1 Å². The van der Waals surface area contributed by atoms with Gasteiger partial charge in [0.05, 0.1) is 18.7 Å². The van der Waals surface area contributed by atoms with E-state index in [1.165, 1.54) is 0 Å². The van der Waals surface area contributed by atoms with Crippen molar-refractivity contribution in [3.8, 4) is 0 Å². The molecule has 19 heavy (non-hydrogen) atoms. The van der Waals surface area contributed by atoms with E-state index in [0.29, 0.717) is 23.7 Å². The first-order valence-corrected chi connectivity index (χ1v) is 6.18. The van der Waals surface area contributed by atoms with Gasteiger partial charge in [-0.25, -0.2) is 4.63 Å². The molecule has 2 rings (SSSR count). The van der Waals surface area contributed by atoms with E-state index in [1.807, 2.05) is 6.07 Å². The Bertz CT molecular complexity index is 547. The summed E-state index contributed by atoms with van der Waals surface area (Å²) in [5.74, 6) is 0.485. The molecule has 0 saturated heterocycles. The largest absolute Gasteiger partial charge is 0.359 e. The standard InChI is InChI=1S/C12H16N4O3/c1-3-4-9-5-10(18-15-9)7-13-12(17)6-11-8(2)14-19-16-11/h5H,3-4,6-7H2,1-2H3,(H,13,17). The SMILES string of the molecule is CCCc1cc(CNC(=O)Cc2nonc2C)on1. The number of nitrogens with one attached hydrogen (secondary N) is 1. The molecule has 1 N–H and O–H groups in total. The Morgan fingerprint density at radius 3 is 2.89 bits per heavy atom. The number of carbonyl (C=O) groups is 1. The summed E-state index contributed by atoms with van der Waals surface area (Å²) in [7, 11) is 0. The highest BCUT2D eigenvalue weighted by Crippen LogP contribution is 2.06. The molecule has 2 heterocycles. The van der Waals surface area contributed by atoms with E-state index in [9.17, 15) is 4.79 Å². The second kappa shape index (κ2) is 6.12. The molecule has 7 heteroatoms. The van der Waals surface area contributed by atoms with Gasteiger partial charge in [-0.1, -0.05) is 28.8 Å². The van der Waals surface area contributed by atoms with Crippen LogP contribution in [-0.4, -0.2) is 21.4 Å². The normalized spacial score (nSPS) is 10.6. The van der Waals surface area contributed by atoms with Crippen molar-refractivity contribution in [3.05, 3.63) is 28.9 Å². The molecule has 0 aliphatic carbocycles. The van der Waals surface area contributed by atoms with Crippen LogP contribution >= 0.6 is 0 Å². The van der Waals surface area contributed by atoms with Crippen molar-refractivity contribution < 1.29 is 13.9 Å². The van der Waals surface area contributed by atoms with Crippen LogP contribution < -0.4 is 5.32 Å². The lowest BCUT2D eigenvalue weighted by molar-refractivity contribution is -0.120. The van der Waals surface area contributed by atoms with Crippen molar-refractivity contribution in [2.24, 2.45) is 0 Å². The van der Waals surface area contributed by atoms with Crippen molar-refractivity contribution >= 4 is 5.91 Å². The van der Waals surface area contributed by atoms with Gasteiger partial charge in [0.2, 0.25) is 5.91 Å². The van der Waals surface area contributed by atoms with Crippen molar-refractivity contribution in [2.45, 2.75) is 39.7 Å². The Labute approximate surface area is 110 Å². The molecule has 0 bridgehead atoms. The zero-order valence-electron chi connectivity index (χ0n) is 11.0. The average molecular weight is 264 g/mol. The zero-order valence-corrected chi connectivity index (χ0v) is 11.0. The van der Waals surface area contributed by atoms with Crippen LogP contribution in [0.3, 0.4) is 0 Å². The highest BCUT2D eigenvalue weighted by Gasteiger charge is 2.11. The fourth-order valence-electron chi connectivity index (χ4n) is 1.62. The fraction of sp³-hybridized carbons (Fsp3) is 0.500. The second-order valence-electron chi connectivity index (χ2n) is 4.28. The van der Waals surface area contributed by atoms with Crippen LogP contribution in [0.25, 0.3) is 0 Å². The molecule has 0 aliphatic heterocycles.